The Hall–Kier alpha value is -1.85. The third-order valence-corrected chi connectivity index (χ3v) is 4.35. The summed E-state index contributed by atoms with van der Waals surface area (Å²) in [6.07, 6.45) is 5.10. The standard InChI is InChI=1S/C12H14N4O2/c17-11-9-10(14-5-13-9)15-12(18)16(11)4-6-1-7-3-8(7)2-6/h5-8H,1-4H2,(H,13,14)(H,15,18)/t6?,7-,8+. The Morgan fingerprint density at radius 1 is 1.28 bits per heavy atom. The fourth-order valence-corrected chi connectivity index (χ4v) is 3.36. The van der Waals surface area contributed by atoms with Gasteiger partial charge >= 0.3 is 5.69 Å². The summed E-state index contributed by atoms with van der Waals surface area (Å²) in [5.74, 6) is 2.20. The highest BCUT2D eigenvalue weighted by molar-refractivity contribution is 5.67. The van der Waals surface area contributed by atoms with Crippen LogP contribution in [0.2, 0.25) is 0 Å². The van der Waals surface area contributed by atoms with Crippen molar-refractivity contribution in [1.29, 1.82) is 0 Å². The van der Waals surface area contributed by atoms with Crippen LogP contribution in [0.5, 0.6) is 0 Å². The molecule has 2 aromatic rings. The molecular weight excluding hydrogens is 232 g/mol. The summed E-state index contributed by atoms with van der Waals surface area (Å²) in [5.41, 5.74) is 0.125. The summed E-state index contributed by atoms with van der Waals surface area (Å²) in [4.78, 5) is 33.4. The molecule has 0 radical (unpaired) electrons. The zero-order valence-corrected chi connectivity index (χ0v) is 9.85. The van der Waals surface area contributed by atoms with Gasteiger partial charge in [-0.3, -0.25) is 14.3 Å². The van der Waals surface area contributed by atoms with E-state index in [1.165, 1.54) is 17.3 Å². The van der Waals surface area contributed by atoms with Crippen LogP contribution >= 0.6 is 0 Å². The van der Waals surface area contributed by atoms with Crippen LogP contribution in [0.4, 0.5) is 0 Å². The van der Waals surface area contributed by atoms with E-state index < -0.39 is 0 Å². The second-order valence-electron chi connectivity index (χ2n) is 5.57. The van der Waals surface area contributed by atoms with Gasteiger partial charge in [-0.15, -0.1) is 0 Å². The van der Waals surface area contributed by atoms with Crippen molar-refractivity contribution in [1.82, 2.24) is 19.5 Å². The van der Waals surface area contributed by atoms with E-state index in [0.29, 0.717) is 23.6 Å². The third-order valence-electron chi connectivity index (χ3n) is 4.35. The molecule has 2 aromatic heterocycles. The van der Waals surface area contributed by atoms with E-state index in [0.717, 1.165) is 24.7 Å². The van der Waals surface area contributed by atoms with Gasteiger partial charge in [0.1, 0.15) is 5.52 Å². The molecular formula is C12H14N4O2. The maximum atomic E-state index is 12.2. The van der Waals surface area contributed by atoms with Gasteiger partial charge in [-0.2, -0.15) is 0 Å². The fraction of sp³-hybridized carbons (Fsp3) is 0.583. The lowest BCUT2D eigenvalue weighted by Gasteiger charge is -2.12. The molecule has 2 heterocycles. The first-order valence-corrected chi connectivity index (χ1v) is 6.38. The zero-order valence-electron chi connectivity index (χ0n) is 9.85. The van der Waals surface area contributed by atoms with Gasteiger partial charge in [0.25, 0.3) is 5.56 Å². The molecule has 94 valence electrons. The van der Waals surface area contributed by atoms with E-state index in [-0.39, 0.29) is 11.2 Å². The minimum absolute atomic E-state index is 0.258. The normalized spacial score (nSPS) is 29.7. The first-order valence-electron chi connectivity index (χ1n) is 6.38. The number of nitrogens with one attached hydrogen (secondary N) is 2. The number of aromatic amines is 2. The molecule has 2 aliphatic carbocycles. The Labute approximate surface area is 102 Å². The number of nitrogens with zero attached hydrogens (tertiary/aromatic N) is 2. The molecule has 6 nitrogen and oxygen atoms in total. The molecule has 0 amide bonds. The topological polar surface area (TPSA) is 83.5 Å². The molecule has 0 aliphatic heterocycles. The van der Waals surface area contributed by atoms with Crippen molar-refractivity contribution in [3.05, 3.63) is 27.2 Å². The largest absolute Gasteiger partial charge is 0.339 e. The fourth-order valence-electron chi connectivity index (χ4n) is 3.36. The van der Waals surface area contributed by atoms with Gasteiger partial charge in [0.05, 0.1) is 6.33 Å². The SMILES string of the molecule is O=c1[nH]c2nc[nH]c2c(=O)n1CC1C[C@@H]2C[C@@H]2C1. The van der Waals surface area contributed by atoms with Crippen LogP contribution in [-0.4, -0.2) is 19.5 Å². The summed E-state index contributed by atoms with van der Waals surface area (Å²) in [6.45, 7) is 0.538. The molecule has 3 atom stereocenters. The average molecular weight is 246 g/mol. The van der Waals surface area contributed by atoms with Crippen LogP contribution < -0.4 is 11.2 Å². The van der Waals surface area contributed by atoms with Gasteiger partial charge < -0.3 is 4.98 Å². The second-order valence-corrected chi connectivity index (χ2v) is 5.57. The van der Waals surface area contributed by atoms with Gasteiger partial charge in [0, 0.05) is 6.54 Å². The molecule has 18 heavy (non-hydrogen) atoms. The van der Waals surface area contributed by atoms with Gasteiger partial charge in [-0.05, 0) is 37.0 Å². The molecule has 1 unspecified atom stereocenters. The second kappa shape index (κ2) is 3.34. The van der Waals surface area contributed by atoms with Crippen LogP contribution in [-0.2, 0) is 6.54 Å². The van der Waals surface area contributed by atoms with Crippen LogP contribution in [0.3, 0.4) is 0 Å². The molecule has 0 spiro atoms. The van der Waals surface area contributed by atoms with Crippen LogP contribution in [0.15, 0.2) is 15.9 Å². The molecule has 2 N–H and O–H groups in total. The average Bonchev–Trinajstić information content (AvgIpc) is 2.78. The summed E-state index contributed by atoms with van der Waals surface area (Å²) in [7, 11) is 0. The van der Waals surface area contributed by atoms with Crippen molar-refractivity contribution in [3.8, 4) is 0 Å². The summed E-state index contributed by atoms with van der Waals surface area (Å²) in [5, 5.41) is 0. The summed E-state index contributed by atoms with van der Waals surface area (Å²) >= 11 is 0. The van der Waals surface area contributed by atoms with Crippen molar-refractivity contribution in [2.24, 2.45) is 17.8 Å². The summed E-state index contributed by atoms with van der Waals surface area (Å²) < 4.78 is 1.32. The molecule has 4 rings (SSSR count). The number of hydrogen-bond donors (Lipinski definition) is 2. The van der Waals surface area contributed by atoms with E-state index in [4.69, 9.17) is 0 Å². The maximum Gasteiger partial charge on any atom is 0.330 e. The lowest BCUT2D eigenvalue weighted by molar-refractivity contribution is 0.402. The Morgan fingerprint density at radius 3 is 2.83 bits per heavy atom. The highest BCUT2D eigenvalue weighted by Gasteiger charge is 2.45. The lowest BCUT2D eigenvalue weighted by Crippen LogP contribution is -2.37. The molecule has 6 heteroatoms. The molecule has 2 aliphatic rings. The third kappa shape index (κ3) is 1.38. The van der Waals surface area contributed by atoms with Crippen molar-refractivity contribution in [3.63, 3.8) is 0 Å². The number of H-pyrrole nitrogens is 2. The Balaban J connectivity index is 1.74. The lowest BCUT2D eigenvalue weighted by atomic mass is 10.0. The Kier molecular flexibility index (Phi) is 1.87. The number of fused-ring (bicyclic) bond motifs is 2. The molecule has 0 bridgehead atoms. The van der Waals surface area contributed by atoms with E-state index in [1.54, 1.807) is 0 Å². The maximum absolute atomic E-state index is 12.2. The van der Waals surface area contributed by atoms with E-state index >= 15 is 0 Å². The molecule has 2 saturated carbocycles. The van der Waals surface area contributed by atoms with Crippen LogP contribution in [0.1, 0.15) is 19.3 Å². The zero-order chi connectivity index (χ0) is 12.3. The van der Waals surface area contributed by atoms with Crippen molar-refractivity contribution < 1.29 is 0 Å². The minimum Gasteiger partial charge on any atom is -0.339 e. The number of hydrogen-bond acceptors (Lipinski definition) is 3. The Morgan fingerprint density at radius 2 is 2.06 bits per heavy atom. The van der Waals surface area contributed by atoms with Crippen molar-refractivity contribution >= 4 is 11.2 Å². The Bertz CT molecular complexity index is 715. The number of aromatic nitrogens is 4. The predicted molar refractivity (Wildman–Crippen MR) is 65.3 cm³/mol. The van der Waals surface area contributed by atoms with Gasteiger partial charge in [-0.1, -0.05) is 0 Å². The quantitative estimate of drug-likeness (QED) is 0.807. The number of imidazole rings is 1. The molecule has 0 saturated heterocycles. The first-order chi connectivity index (χ1) is 8.72. The van der Waals surface area contributed by atoms with Crippen LogP contribution in [0.25, 0.3) is 11.2 Å². The van der Waals surface area contributed by atoms with Crippen molar-refractivity contribution in [2.45, 2.75) is 25.8 Å². The van der Waals surface area contributed by atoms with E-state index in [9.17, 15) is 9.59 Å². The highest BCUT2D eigenvalue weighted by Crippen LogP contribution is 2.54. The molecule has 0 aromatic carbocycles. The summed E-state index contributed by atoms with van der Waals surface area (Å²) in [6, 6.07) is 0. The smallest absolute Gasteiger partial charge is 0.330 e. The highest BCUT2D eigenvalue weighted by atomic mass is 16.2. The van der Waals surface area contributed by atoms with E-state index in [1.807, 2.05) is 0 Å². The predicted octanol–water partition coefficient (Wildman–Crippen LogP) is 0.459. The van der Waals surface area contributed by atoms with Gasteiger partial charge in [0.15, 0.2) is 5.65 Å². The van der Waals surface area contributed by atoms with Crippen LogP contribution in [0, 0.1) is 17.8 Å². The monoisotopic (exact) mass is 246 g/mol. The van der Waals surface area contributed by atoms with E-state index in [2.05, 4.69) is 15.0 Å². The number of rotatable bonds is 2. The molecule has 2 fully saturated rings. The van der Waals surface area contributed by atoms with Crippen molar-refractivity contribution in [2.75, 3.05) is 0 Å². The van der Waals surface area contributed by atoms with Gasteiger partial charge in [-0.25, -0.2) is 9.78 Å². The van der Waals surface area contributed by atoms with Gasteiger partial charge in [0.2, 0.25) is 0 Å². The first kappa shape index (κ1) is 10.1. The minimum atomic E-state index is -0.347.